The molecular formula is C12H13N3OS. The van der Waals surface area contributed by atoms with Crippen LogP contribution in [0.4, 0.5) is 0 Å². The predicted molar refractivity (Wildman–Crippen MR) is 66.0 cm³/mol. The molecule has 0 saturated carbocycles. The first-order valence-corrected chi connectivity index (χ1v) is 6.58. The number of nitrogens with zero attached hydrogens (tertiary/aromatic N) is 3. The van der Waals surface area contributed by atoms with Crippen molar-refractivity contribution in [2.24, 2.45) is 0 Å². The van der Waals surface area contributed by atoms with Crippen LogP contribution in [0.25, 0.3) is 0 Å². The highest BCUT2D eigenvalue weighted by Crippen LogP contribution is 2.24. The van der Waals surface area contributed by atoms with Crippen molar-refractivity contribution in [3.63, 3.8) is 0 Å². The molecule has 1 aromatic carbocycles. The van der Waals surface area contributed by atoms with Crippen molar-refractivity contribution in [3.8, 4) is 0 Å². The molecule has 0 amide bonds. The van der Waals surface area contributed by atoms with Gasteiger partial charge in [0.2, 0.25) is 0 Å². The van der Waals surface area contributed by atoms with Crippen molar-refractivity contribution in [2.45, 2.75) is 24.2 Å². The molecule has 17 heavy (non-hydrogen) atoms. The van der Waals surface area contributed by atoms with Gasteiger partial charge < -0.3 is 9.67 Å². The summed E-state index contributed by atoms with van der Waals surface area (Å²) in [5, 5.41) is 18.9. The molecule has 0 fully saturated rings. The lowest BCUT2D eigenvalue weighted by atomic mass is 10.1. The standard InChI is InChI=1S/C12H13N3OS/c16-10-7-15-11(13-14-12(15)17-8-10)6-9-4-2-1-3-5-9/h1-5,10,16H,6-8H2/t10-/m1/s1. The van der Waals surface area contributed by atoms with Gasteiger partial charge >= 0.3 is 0 Å². The quantitative estimate of drug-likeness (QED) is 0.870. The molecule has 0 spiro atoms. The third-order valence-electron chi connectivity index (χ3n) is 2.80. The van der Waals surface area contributed by atoms with E-state index < -0.39 is 0 Å². The summed E-state index contributed by atoms with van der Waals surface area (Å²) in [4.78, 5) is 0. The smallest absolute Gasteiger partial charge is 0.191 e. The maximum atomic E-state index is 9.67. The fourth-order valence-corrected chi connectivity index (χ4v) is 2.83. The van der Waals surface area contributed by atoms with E-state index in [0.29, 0.717) is 12.3 Å². The molecule has 2 aromatic rings. The Morgan fingerprint density at radius 1 is 1.29 bits per heavy atom. The molecule has 0 radical (unpaired) electrons. The van der Waals surface area contributed by atoms with Gasteiger partial charge in [0.25, 0.3) is 0 Å². The highest BCUT2D eigenvalue weighted by atomic mass is 32.2. The minimum absolute atomic E-state index is 0.293. The molecule has 0 unspecified atom stereocenters. The highest BCUT2D eigenvalue weighted by molar-refractivity contribution is 7.99. The number of aliphatic hydroxyl groups excluding tert-OH is 1. The van der Waals surface area contributed by atoms with Crippen LogP contribution in [-0.4, -0.2) is 31.7 Å². The Kier molecular flexibility index (Phi) is 2.86. The average Bonchev–Trinajstić information content (AvgIpc) is 2.73. The molecular weight excluding hydrogens is 234 g/mol. The van der Waals surface area contributed by atoms with Gasteiger partial charge in [0.1, 0.15) is 5.82 Å². The van der Waals surface area contributed by atoms with Crippen LogP contribution in [0.2, 0.25) is 0 Å². The predicted octanol–water partition coefficient (Wildman–Crippen LogP) is 1.34. The van der Waals surface area contributed by atoms with E-state index in [-0.39, 0.29) is 6.10 Å². The topological polar surface area (TPSA) is 50.9 Å². The number of hydrogen-bond acceptors (Lipinski definition) is 4. The van der Waals surface area contributed by atoms with E-state index in [9.17, 15) is 5.11 Å². The maximum absolute atomic E-state index is 9.67. The molecule has 5 heteroatoms. The van der Waals surface area contributed by atoms with Crippen LogP contribution in [0, 0.1) is 0 Å². The van der Waals surface area contributed by atoms with Gasteiger partial charge in [0.05, 0.1) is 12.6 Å². The Labute approximate surface area is 104 Å². The first kappa shape index (κ1) is 10.8. The van der Waals surface area contributed by atoms with Crippen LogP contribution in [-0.2, 0) is 13.0 Å². The number of fused-ring (bicyclic) bond motifs is 1. The summed E-state index contributed by atoms with van der Waals surface area (Å²) >= 11 is 1.57. The molecule has 0 saturated heterocycles. The second-order valence-electron chi connectivity index (χ2n) is 4.14. The Bertz CT molecular complexity index is 512. The normalized spacial score (nSPS) is 19.0. The second-order valence-corrected chi connectivity index (χ2v) is 5.12. The summed E-state index contributed by atoms with van der Waals surface area (Å²) in [5.74, 6) is 1.64. The number of hydrogen-bond donors (Lipinski definition) is 1. The molecule has 0 aliphatic carbocycles. The number of thioether (sulfide) groups is 1. The fraction of sp³-hybridized carbons (Fsp3) is 0.333. The van der Waals surface area contributed by atoms with Gasteiger partial charge in [-0.1, -0.05) is 42.1 Å². The van der Waals surface area contributed by atoms with Crippen LogP contribution in [0.3, 0.4) is 0 Å². The third kappa shape index (κ3) is 2.21. The third-order valence-corrected chi connectivity index (χ3v) is 3.91. The van der Waals surface area contributed by atoms with Gasteiger partial charge in [-0.3, -0.25) is 0 Å². The van der Waals surface area contributed by atoms with Crippen LogP contribution >= 0.6 is 11.8 Å². The molecule has 0 bridgehead atoms. The summed E-state index contributed by atoms with van der Waals surface area (Å²) in [7, 11) is 0. The van der Waals surface area contributed by atoms with Crippen molar-refractivity contribution in [3.05, 3.63) is 41.7 Å². The fourth-order valence-electron chi connectivity index (χ4n) is 1.95. The summed E-state index contributed by atoms with van der Waals surface area (Å²) < 4.78 is 2.02. The summed E-state index contributed by atoms with van der Waals surface area (Å²) in [5.41, 5.74) is 1.22. The lowest BCUT2D eigenvalue weighted by Crippen LogP contribution is -2.25. The molecule has 4 nitrogen and oxygen atoms in total. The van der Waals surface area contributed by atoms with Crippen molar-refractivity contribution in [1.29, 1.82) is 0 Å². The average molecular weight is 247 g/mol. The zero-order valence-corrected chi connectivity index (χ0v) is 10.1. The summed E-state index contributed by atoms with van der Waals surface area (Å²) in [6.07, 6.45) is 0.472. The van der Waals surface area contributed by atoms with Crippen LogP contribution in [0.5, 0.6) is 0 Å². The molecule has 1 aromatic heterocycles. The van der Waals surface area contributed by atoms with Gasteiger partial charge in [0.15, 0.2) is 5.16 Å². The monoisotopic (exact) mass is 247 g/mol. The van der Waals surface area contributed by atoms with E-state index in [2.05, 4.69) is 22.3 Å². The van der Waals surface area contributed by atoms with E-state index in [4.69, 9.17) is 0 Å². The van der Waals surface area contributed by atoms with Crippen molar-refractivity contribution in [2.75, 3.05) is 5.75 Å². The van der Waals surface area contributed by atoms with Crippen LogP contribution < -0.4 is 0 Å². The van der Waals surface area contributed by atoms with E-state index in [1.165, 1.54) is 5.56 Å². The Balaban J connectivity index is 1.87. The minimum Gasteiger partial charge on any atom is -0.390 e. The van der Waals surface area contributed by atoms with E-state index in [1.54, 1.807) is 11.8 Å². The zero-order chi connectivity index (χ0) is 11.7. The number of aliphatic hydroxyl groups is 1. The van der Waals surface area contributed by atoms with Gasteiger partial charge in [-0.15, -0.1) is 10.2 Å². The van der Waals surface area contributed by atoms with Crippen molar-refractivity contribution < 1.29 is 5.11 Å². The van der Waals surface area contributed by atoms with Gasteiger partial charge in [0, 0.05) is 12.2 Å². The number of benzene rings is 1. The van der Waals surface area contributed by atoms with Gasteiger partial charge in [-0.05, 0) is 5.56 Å². The van der Waals surface area contributed by atoms with Crippen molar-refractivity contribution >= 4 is 11.8 Å². The lowest BCUT2D eigenvalue weighted by molar-refractivity contribution is 0.169. The second kappa shape index (κ2) is 4.50. The summed E-state index contributed by atoms with van der Waals surface area (Å²) in [6.45, 7) is 0.609. The number of aromatic nitrogens is 3. The maximum Gasteiger partial charge on any atom is 0.191 e. The molecule has 1 aliphatic rings. The largest absolute Gasteiger partial charge is 0.390 e. The molecule has 1 N–H and O–H groups in total. The summed E-state index contributed by atoms with van der Waals surface area (Å²) in [6, 6.07) is 10.2. The zero-order valence-electron chi connectivity index (χ0n) is 9.28. The first-order chi connectivity index (χ1) is 8.33. The minimum atomic E-state index is -0.293. The Morgan fingerprint density at radius 2 is 2.12 bits per heavy atom. The molecule has 1 aliphatic heterocycles. The highest BCUT2D eigenvalue weighted by Gasteiger charge is 2.21. The van der Waals surface area contributed by atoms with E-state index >= 15 is 0 Å². The lowest BCUT2D eigenvalue weighted by Gasteiger charge is -2.19. The van der Waals surface area contributed by atoms with Gasteiger partial charge in [-0.2, -0.15) is 0 Å². The van der Waals surface area contributed by atoms with E-state index in [0.717, 1.165) is 17.4 Å². The first-order valence-electron chi connectivity index (χ1n) is 5.60. The van der Waals surface area contributed by atoms with Crippen LogP contribution in [0.15, 0.2) is 35.5 Å². The Hall–Kier alpha value is -1.33. The van der Waals surface area contributed by atoms with Crippen LogP contribution in [0.1, 0.15) is 11.4 Å². The van der Waals surface area contributed by atoms with E-state index in [1.807, 2.05) is 22.8 Å². The molecule has 88 valence electrons. The Morgan fingerprint density at radius 3 is 2.94 bits per heavy atom. The van der Waals surface area contributed by atoms with Gasteiger partial charge in [-0.25, -0.2) is 0 Å². The molecule has 2 heterocycles. The SMILES string of the molecule is O[C@H]1CSc2nnc(Cc3ccccc3)n2C1. The molecule has 3 rings (SSSR count). The molecule has 1 atom stereocenters. The van der Waals surface area contributed by atoms with Crippen molar-refractivity contribution in [1.82, 2.24) is 14.8 Å². The number of rotatable bonds is 2.